The largest absolute Gasteiger partial charge is 0.489 e. The summed E-state index contributed by atoms with van der Waals surface area (Å²) in [5.41, 5.74) is -11.0. The van der Waals surface area contributed by atoms with Crippen molar-refractivity contribution in [1.29, 1.82) is 0 Å². The molecular formula is C16H10BF14NO3. The molecule has 0 radical (unpaired) electrons. The lowest BCUT2D eigenvalue weighted by atomic mass is 9.73. The summed E-state index contributed by atoms with van der Waals surface area (Å²) in [6, 6.07) is -1.95. The molecule has 1 aromatic rings. The maximum Gasteiger partial charge on any atom is 0.489 e. The Labute approximate surface area is 185 Å². The van der Waals surface area contributed by atoms with Gasteiger partial charge in [-0.25, -0.2) is 0 Å². The third kappa shape index (κ3) is 5.05. The van der Waals surface area contributed by atoms with E-state index < -0.39 is 89.1 Å². The number of hydrogen-bond acceptors (Lipinski definition) is 3. The van der Waals surface area contributed by atoms with Gasteiger partial charge in [0.15, 0.2) is 0 Å². The van der Waals surface area contributed by atoms with Crippen LogP contribution in [0.15, 0.2) is 24.3 Å². The summed E-state index contributed by atoms with van der Waals surface area (Å²) < 4.78 is 187. The Morgan fingerprint density at radius 3 is 1.46 bits per heavy atom. The van der Waals surface area contributed by atoms with Gasteiger partial charge in [-0.3, -0.25) is 4.79 Å². The van der Waals surface area contributed by atoms with Crippen molar-refractivity contribution in [1.82, 2.24) is 0 Å². The summed E-state index contributed by atoms with van der Waals surface area (Å²) in [4.78, 5) is 11.7. The van der Waals surface area contributed by atoms with Crippen LogP contribution in [-0.4, -0.2) is 47.3 Å². The second kappa shape index (κ2) is 8.83. The van der Waals surface area contributed by atoms with E-state index in [1.807, 2.05) is 0 Å². The molecule has 0 atom stereocenters. The Bertz CT molecular complexity index is 1000. The fourth-order valence-electron chi connectivity index (χ4n) is 2.39. The first-order valence-corrected chi connectivity index (χ1v) is 8.41. The Morgan fingerprint density at radius 2 is 1.14 bits per heavy atom. The van der Waals surface area contributed by atoms with E-state index in [4.69, 9.17) is 10.0 Å². The molecule has 0 saturated heterocycles. The lowest BCUT2D eigenvalue weighted by molar-refractivity contribution is -0.360. The third-order valence-corrected chi connectivity index (χ3v) is 4.28. The van der Waals surface area contributed by atoms with E-state index in [0.29, 0.717) is 0 Å². The van der Waals surface area contributed by atoms with Crippen molar-refractivity contribution in [2.45, 2.75) is 43.0 Å². The predicted molar refractivity (Wildman–Crippen MR) is 89.5 cm³/mol. The standard InChI is InChI=1S/C16H10BF14NO3/c1-5(2)10(33)32-9-4-8(17(34)35)6(11(18,19)13(22,23)15(26,27)28)3-7(9)12(20,21)14(24,25)16(29,30)31/h3-4,34-35H,1H2,2H3,(H,32,33). The van der Waals surface area contributed by atoms with E-state index >= 15 is 0 Å². The minimum atomic E-state index is -7.19. The van der Waals surface area contributed by atoms with Gasteiger partial charge in [-0.1, -0.05) is 6.58 Å². The molecule has 0 spiro atoms. The van der Waals surface area contributed by atoms with Crippen LogP contribution < -0.4 is 10.8 Å². The number of hydrogen-bond donors (Lipinski definition) is 3. The number of rotatable bonds is 7. The Kier molecular flexibility index (Phi) is 7.68. The summed E-state index contributed by atoms with van der Waals surface area (Å²) in [7, 11) is -3.51. The minimum absolute atomic E-state index is 0.600. The molecule has 0 unspecified atom stereocenters. The van der Waals surface area contributed by atoms with Crippen LogP contribution in [0.3, 0.4) is 0 Å². The van der Waals surface area contributed by atoms with E-state index in [2.05, 4.69) is 6.58 Å². The number of benzene rings is 1. The van der Waals surface area contributed by atoms with Gasteiger partial charge in [0.2, 0.25) is 0 Å². The second-order valence-corrected chi connectivity index (χ2v) is 6.89. The van der Waals surface area contributed by atoms with E-state index in [-0.39, 0.29) is 0 Å². The Balaban J connectivity index is 4.21. The topological polar surface area (TPSA) is 69.6 Å². The van der Waals surface area contributed by atoms with Gasteiger partial charge in [-0.05, 0) is 24.5 Å². The molecule has 35 heavy (non-hydrogen) atoms. The van der Waals surface area contributed by atoms with E-state index in [0.717, 1.165) is 6.92 Å². The van der Waals surface area contributed by atoms with Crippen molar-refractivity contribution in [2.24, 2.45) is 0 Å². The molecule has 0 saturated carbocycles. The van der Waals surface area contributed by atoms with Crippen molar-refractivity contribution >= 4 is 24.2 Å². The number of carbonyl (C=O) groups is 1. The van der Waals surface area contributed by atoms with E-state index in [9.17, 15) is 66.3 Å². The minimum Gasteiger partial charge on any atom is -0.423 e. The van der Waals surface area contributed by atoms with Crippen LogP contribution in [0.25, 0.3) is 0 Å². The van der Waals surface area contributed by atoms with Gasteiger partial charge in [-0.2, -0.15) is 61.5 Å². The molecule has 1 rings (SSSR count). The quantitative estimate of drug-likeness (QED) is 0.272. The SMILES string of the molecule is C=C(C)C(=O)Nc1cc(B(O)O)c(C(F)(F)C(F)(F)C(F)(F)F)cc1C(F)(F)C(F)(F)C(F)(F)F. The Morgan fingerprint density at radius 1 is 0.771 bits per heavy atom. The fraction of sp³-hybridized carbons (Fsp3) is 0.438. The number of nitrogens with one attached hydrogen (secondary N) is 1. The van der Waals surface area contributed by atoms with Crippen LogP contribution in [0.4, 0.5) is 67.2 Å². The average Bonchev–Trinajstić information content (AvgIpc) is 2.64. The highest BCUT2D eigenvalue weighted by Gasteiger charge is 2.76. The van der Waals surface area contributed by atoms with Crippen LogP contribution >= 0.6 is 0 Å². The molecule has 0 fully saturated rings. The summed E-state index contributed by atoms with van der Waals surface area (Å²) >= 11 is 0. The highest BCUT2D eigenvalue weighted by Crippen LogP contribution is 2.56. The molecular weight excluding hydrogens is 531 g/mol. The first-order valence-electron chi connectivity index (χ1n) is 8.41. The maximum atomic E-state index is 14.3. The van der Waals surface area contributed by atoms with Crippen LogP contribution in [0.2, 0.25) is 0 Å². The second-order valence-electron chi connectivity index (χ2n) is 6.89. The average molecular weight is 541 g/mol. The number of anilines is 1. The summed E-state index contributed by atoms with van der Waals surface area (Å²) in [5.74, 6) is -29.4. The van der Waals surface area contributed by atoms with Gasteiger partial charge in [0, 0.05) is 11.1 Å². The molecule has 0 aliphatic rings. The molecule has 198 valence electrons. The summed E-state index contributed by atoms with van der Waals surface area (Å²) in [6.07, 6.45) is -14.3. The van der Waals surface area contributed by atoms with Crippen molar-refractivity contribution < 1.29 is 76.3 Å². The number of amides is 1. The molecule has 0 bridgehead atoms. The molecule has 4 nitrogen and oxygen atoms in total. The number of alkyl halides is 14. The van der Waals surface area contributed by atoms with E-state index in [1.165, 1.54) is 5.32 Å². The summed E-state index contributed by atoms with van der Waals surface area (Å²) in [6.45, 7) is 3.75. The highest BCUT2D eigenvalue weighted by molar-refractivity contribution is 6.59. The smallest absolute Gasteiger partial charge is 0.423 e. The van der Waals surface area contributed by atoms with Gasteiger partial charge < -0.3 is 15.4 Å². The predicted octanol–water partition coefficient (Wildman–Crippen LogP) is 4.46. The van der Waals surface area contributed by atoms with Crippen LogP contribution in [-0.2, 0) is 16.6 Å². The third-order valence-electron chi connectivity index (χ3n) is 4.28. The van der Waals surface area contributed by atoms with Crippen LogP contribution in [0.5, 0.6) is 0 Å². The number of carbonyl (C=O) groups excluding carboxylic acids is 1. The maximum absolute atomic E-state index is 14.3. The van der Waals surface area contributed by atoms with Gasteiger partial charge in [-0.15, -0.1) is 0 Å². The van der Waals surface area contributed by atoms with Gasteiger partial charge in [0.05, 0.1) is 11.3 Å². The van der Waals surface area contributed by atoms with Gasteiger partial charge in [0.25, 0.3) is 5.91 Å². The normalized spacial score (nSPS) is 14.1. The van der Waals surface area contributed by atoms with Crippen molar-refractivity contribution in [3.8, 4) is 0 Å². The molecule has 0 aliphatic carbocycles. The number of halogens is 14. The molecule has 19 heteroatoms. The molecule has 1 amide bonds. The van der Waals surface area contributed by atoms with Gasteiger partial charge >= 0.3 is 43.2 Å². The van der Waals surface area contributed by atoms with Gasteiger partial charge in [0.1, 0.15) is 0 Å². The summed E-state index contributed by atoms with van der Waals surface area (Å²) in [5, 5.41) is 19.5. The zero-order valence-electron chi connectivity index (χ0n) is 16.5. The lowest BCUT2D eigenvalue weighted by Crippen LogP contribution is -2.54. The van der Waals surface area contributed by atoms with Crippen LogP contribution in [0.1, 0.15) is 18.1 Å². The molecule has 0 heterocycles. The van der Waals surface area contributed by atoms with Crippen molar-refractivity contribution in [3.63, 3.8) is 0 Å². The lowest BCUT2D eigenvalue weighted by Gasteiger charge is -2.33. The van der Waals surface area contributed by atoms with Crippen LogP contribution in [0, 0.1) is 0 Å². The zero-order valence-corrected chi connectivity index (χ0v) is 16.5. The fourth-order valence-corrected chi connectivity index (χ4v) is 2.39. The highest BCUT2D eigenvalue weighted by atomic mass is 19.4. The Hall–Kier alpha value is -2.57. The molecule has 1 aromatic carbocycles. The first-order chi connectivity index (χ1) is 15.2. The van der Waals surface area contributed by atoms with Crippen molar-refractivity contribution in [3.05, 3.63) is 35.4 Å². The van der Waals surface area contributed by atoms with Crippen molar-refractivity contribution in [2.75, 3.05) is 5.32 Å². The zero-order chi connectivity index (χ0) is 28.2. The monoisotopic (exact) mass is 541 g/mol. The van der Waals surface area contributed by atoms with E-state index in [1.54, 1.807) is 0 Å². The molecule has 0 aliphatic heterocycles. The molecule has 0 aromatic heterocycles. The molecule has 3 N–H and O–H groups in total. The first kappa shape index (κ1) is 30.5.